The zero-order chi connectivity index (χ0) is 12.4. The quantitative estimate of drug-likeness (QED) is 0.771. The minimum atomic E-state index is -0.147. The summed E-state index contributed by atoms with van der Waals surface area (Å²) in [6.07, 6.45) is 3.66. The van der Waals surface area contributed by atoms with Crippen LogP contribution in [0.5, 0.6) is 0 Å². The Bertz CT molecular complexity index is 572. The van der Waals surface area contributed by atoms with Gasteiger partial charge in [-0.05, 0) is 24.3 Å². The Kier molecular flexibility index (Phi) is 2.94. The van der Waals surface area contributed by atoms with Crippen molar-refractivity contribution in [3.63, 3.8) is 0 Å². The van der Waals surface area contributed by atoms with Crippen LogP contribution in [-0.2, 0) is 4.84 Å². The van der Waals surface area contributed by atoms with Crippen molar-refractivity contribution in [3.05, 3.63) is 42.2 Å². The normalized spacial score (nSPS) is 15.9. The van der Waals surface area contributed by atoms with Gasteiger partial charge in [0.1, 0.15) is 5.69 Å². The average Bonchev–Trinajstić information content (AvgIpc) is 2.47. The summed E-state index contributed by atoms with van der Waals surface area (Å²) in [7, 11) is 0. The Morgan fingerprint density at radius 3 is 2.94 bits per heavy atom. The van der Waals surface area contributed by atoms with Crippen molar-refractivity contribution in [1.82, 2.24) is 10.0 Å². The number of amides is 1. The van der Waals surface area contributed by atoms with E-state index in [1.807, 2.05) is 30.3 Å². The summed E-state index contributed by atoms with van der Waals surface area (Å²) in [5.74, 6) is -0.147. The number of carbonyl (C=O) groups is 1. The first kappa shape index (κ1) is 11.2. The van der Waals surface area contributed by atoms with Crippen molar-refractivity contribution in [1.29, 1.82) is 0 Å². The fourth-order valence-electron chi connectivity index (χ4n) is 2.17. The van der Waals surface area contributed by atoms with Gasteiger partial charge in [0.2, 0.25) is 0 Å². The molecule has 0 saturated carbocycles. The molecule has 1 saturated heterocycles. The monoisotopic (exact) mass is 242 g/mol. The maximum Gasteiger partial charge on any atom is 0.296 e. The number of pyridine rings is 1. The van der Waals surface area contributed by atoms with Crippen LogP contribution in [-0.4, -0.2) is 29.1 Å². The Labute approximate surface area is 105 Å². The highest BCUT2D eigenvalue weighted by atomic mass is 16.7. The van der Waals surface area contributed by atoms with E-state index < -0.39 is 0 Å². The minimum Gasteiger partial charge on any atom is -0.271 e. The highest BCUT2D eigenvalue weighted by molar-refractivity contribution is 6.04. The molecular weight excluding hydrogens is 228 g/mol. The molecule has 1 amide bonds. The van der Waals surface area contributed by atoms with E-state index in [0.717, 1.165) is 23.6 Å². The molecule has 1 fully saturated rings. The van der Waals surface area contributed by atoms with Crippen LogP contribution in [0.1, 0.15) is 23.3 Å². The number of hydroxylamine groups is 2. The van der Waals surface area contributed by atoms with Crippen molar-refractivity contribution in [2.24, 2.45) is 0 Å². The molecule has 0 spiro atoms. The molecule has 3 rings (SSSR count). The second-order valence-electron chi connectivity index (χ2n) is 4.33. The highest BCUT2D eigenvalue weighted by Gasteiger charge is 2.22. The number of nitrogens with zero attached hydrogens (tertiary/aromatic N) is 2. The Morgan fingerprint density at radius 2 is 2.11 bits per heavy atom. The van der Waals surface area contributed by atoms with Gasteiger partial charge >= 0.3 is 0 Å². The number of carbonyl (C=O) groups excluding carboxylic acids is 1. The molecule has 1 aliphatic rings. The lowest BCUT2D eigenvalue weighted by Gasteiger charge is -2.25. The fraction of sp³-hybridized carbons (Fsp3) is 0.286. The van der Waals surface area contributed by atoms with Crippen LogP contribution in [0.15, 0.2) is 36.5 Å². The molecule has 2 heterocycles. The smallest absolute Gasteiger partial charge is 0.271 e. The van der Waals surface area contributed by atoms with Crippen LogP contribution in [0.3, 0.4) is 0 Å². The summed E-state index contributed by atoms with van der Waals surface area (Å²) < 4.78 is 0. The van der Waals surface area contributed by atoms with Crippen LogP contribution in [0.2, 0.25) is 0 Å². The minimum absolute atomic E-state index is 0.147. The molecule has 4 nitrogen and oxygen atoms in total. The SMILES string of the molecule is O=C(c1nccc2ccccc12)N1CCCCO1. The van der Waals surface area contributed by atoms with E-state index in [-0.39, 0.29) is 5.91 Å². The van der Waals surface area contributed by atoms with Gasteiger partial charge in [0, 0.05) is 18.1 Å². The Balaban J connectivity index is 2.00. The zero-order valence-corrected chi connectivity index (χ0v) is 10.0. The standard InChI is InChI=1S/C14H14N2O2/c17-14(16-9-3-4-10-18-16)13-12-6-2-1-5-11(12)7-8-15-13/h1-2,5-8H,3-4,9-10H2. The fourth-order valence-corrected chi connectivity index (χ4v) is 2.17. The topological polar surface area (TPSA) is 42.4 Å². The molecule has 1 aromatic carbocycles. The number of hydrogen-bond donors (Lipinski definition) is 0. The second-order valence-corrected chi connectivity index (χ2v) is 4.33. The van der Waals surface area contributed by atoms with Gasteiger partial charge in [0.15, 0.2) is 0 Å². The van der Waals surface area contributed by atoms with Gasteiger partial charge in [-0.1, -0.05) is 24.3 Å². The first-order valence-electron chi connectivity index (χ1n) is 6.15. The summed E-state index contributed by atoms with van der Waals surface area (Å²) in [5.41, 5.74) is 0.468. The van der Waals surface area contributed by atoms with E-state index in [1.165, 1.54) is 5.06 Å². The van der Waals surface area contributed by atoms with Gasteiger partial charge < -0.3 is 0 Å². The predicted molar refractivity (Wildman–Crippen MR) is 68.0 cm³/mol. The van der Waals surface area contributed by atoms with Crippen molar-refractivity contribution in [3.8, 4) is 0 Å². The molecule has 18 heavy (non-hydrogen) atoms. The summed E-state index contributed by atoms with van der Waals surface area (Å²) in [4.78, 5) is 21.9. The van der Waals surface area contributed by atoms with E-state index in [1.54, 1.807) is 6.20 Å². The first-order valence-corrected chi connectivity index (χ1v) is 6.15. The lowest BCUT2D eigenvalue weighted by atomic mass is 10.1. The third-order valence-electron chi connectivity index (χ3n) is 3.11. The first-order chi connectivity index (χ1) is 8.86. The van der Waals surface area contributed by atoms with E-state index in [2.05, 4.69) is 4.98 Å². The number of hydrogen-bond acceptors (Lipinski definition) is 3. The van der Waals surface area contributed by atoms with Gasteiger partial charge in [0.05, 0.1) is 6.61 Å². The van der Waals surface area contributed by atoms with Crippen LogP contribution < -0.4 is 0 Å². The highest BCUT2D eigenvalue weighted by Crippen LogP contribution is 2.19. The molecule has 1 aromatic heterocycles. The lowest BCUT2D eigenvalue weighted by Crippen LogP contribution is -2.36. The Hall–Kier alpha value is -1.94. The number of rotatable bonds is 1. The molecule has 92 valence electrons. The van der Waals surface area contributed by atoms with Crippen LogP contribution >= 0.6 is 0 Å². The van der Waals surface area contributed by atoms with Gasteiger partial charge in [-0.2, -0.15) is 0 Å². The van der Waals surface area contributed by atoms with Gasteiger partial charge in [-0.25, -0.2) is 5.06 Å². The second kappa shape index (κ2) is 4.74. The Morgan fingerprint density at radius 1 is 1.22 bits per heavy atom. The molecule has 0 N–H and O–H groups in total. The molecule has 0 aliphatic carbocycles. The molecule has 2 aromatic rings. The number of fused-ring (bicyclic) bond motifs is 1. The van der Waals surface area contributed by atoms with E-state index in [4.69, 9.17) is 4.84 Å². The van der Waals surface area contributed by atoms with E-state index >= 15 is 0 Å². The van der Waals surface area contributed by atoms with Crippen molar-refractivity contribution < 1.29 is 9.63 Å². The molecule has 4 heteroatoms. The van der Waals surface area contributed by atoms with Gasteiger partial charge in [-0.3, -0.25) is 14.6 Å². The molecule has 0 radical (unpaired) electrons. The van der Waals surface area contributed by atoms with Crippen molar-refractivity contribution in [2.45, 2.75) is 12.8 Å². The van der Waals surface area contributed by atoms with Crippen molar-refractivity contribution in [2.75, 3.05) is 13.2 Å². The van der Waals surface area contributed by atoms with Gasteiger partial charge in [0.25, 0.3) is 5.91 Å². The predicted octanol–water partition coefficient (Wildman–Crippen LogP) is 2.40. The summed E-state index contributed by atoms with van der Waals surface area (Å²) >= 11 is 0. The number of aromatic nitrogens is 1. The maximum atomic E-state index is 12.4. The number of benzene rings is 1. The van der Waals surface area contributed by atoms with Crippen LogP contribution in [0.25, 0.3) is 10.8 Å². The summed E-state index contributed by atoms with van der Waals surface area (Å²) in [5, 5.41) is 3.32. The molecule has 0 atom stereocenters. The lowest BCUT2D eigenvalue weighted by molar-refractivity contribution is -0.144. The zero-order valence-electron chi connectivity index (χ0n) is 10.0. The third kappa shape index (κ3) is 1.95. The third-order valence-corrected chi connectivity index (χ3v) is 3.11. The van der Waals surface area contributed by atoms with Crippen molar-refractivity contribution >= 4 is 16.7 Å². The molecule has 0 unspecified atom stereocenters. The van der Waals surface area contributed by atoms with Crippen LogP contribution in [0.4, 0.5) is 0 Å². The van der Waals surface area contributed by atoms with Crippen LogP contribution in [0, 0.1) is 0 Å². The molecular formula is C14H14N2O2. The maximum absolute atomic E-state index is 12.4. The van der Waals surface area contributed by atoms with E-state index in [0.29, 0.717) is 18.8 Å². The summed E-state index contributed by atoms with van der Waals surface area (Å²) in [6, 6.07) is 9.67. The van der Waals surface area contributed by atoms with Gasteiger partial charge in [-0.15, -0.1) is 0 Å². The summed E-state index contributed by atoms with van der Waals surface area (Å²) in [6.45, 7) is 1.25. The molecule has 0 bridgehead atoms. The largest absolute Gasteiger partial charge is 0.296 e. The molecule has 1 aliphatic heterocycles. The average molecular weight is 242 g/mol. The van der Waals surface area contributed by atoms with E-state index in [9.17, 15) is 4.79 Å².